The van der Waals surface area contributed by atoms with Gasteiger partial charge in [0.25, 0.3) is 5.91 Å². The molecule has 2 heterocycles. The molecule has 0 unspecified atom stereocenters. The second-order valence-electron chi connectivity index (χ2n) is 6.37. The number of nitrogens with zero attached hydrogens (tertiary/aromatic N) is 2. The summed E-state index contributed by atoms with van der Waals surface area (Å²) in [5.74, 6) is 0.282. The van der Waals surface area contributed by atoms with Gasteiger partial charge in [-0.15, -0.1) is 0 Å². The number of hydrogen-bond acceptors (Lipinski definition) is 5. The van der Waals surface area contributed by atoms with Gasteiger partial charge in [-0.1, -0.05) is 24.9 Å². The smallest absolute Gasteiger partial charge is 0.252 e. The van der Waals surface area contributed by atoms with Crippen molar-refractivity contribution in [1.82, 2.24) is 15.5 Å². The Morgan fingerprint density at radius 3 is 2.84 bits per heavy atom. The molecule has 7 heteroatoms. The number of fused-ring (bicyclic) bond motifs is 1. The van der Waals surface area contributed by atoms with Crippen LogP contribution >= 0.6 is 0 Å². The molecular formula is C18H18FN3O3. The van der Waals surface area contributed by atoms with Gasteiger partial charge in [-0.05, 0) is 31.0 Å². The molecular weight excluding hydrogens is 325 g/mol. The van der Waals surface area contributed by atoms with Gasteiger partial charge in [0.2, 0.25) is 5.89 Å². The van der Waals surface area contributed by atoms with Crippen molar-refractivity contribution in [2.75, 3.05) is 0 Å². The lowest BCUT2D eigenvalue weighted by atomic mass is 9.95. The summed E-state index contributed by atoms with van der Waals surface area (Å²) in [6, 6.07) is 4.31. The number of aryl methyl sites for hydroxylation is 1. The number of nitrogens with one attached hydrogen (secondary N) is 1. The molecule has 1 aliphatic carbocycles. The topological polar surface area (TPSA) is 81.2 Å². The van der Waals surface area contributed by atoms with E-state index in [0.29, 0.717) is 29.1 Å². The molecule has 2 aromatic heterocycles. The van der Waals surface area contributed by atoms with Crippen LogP contribution in [0, 0.1) is 5.82 Å². The van der Waals surface area contributed by atoms with Crippen molar-refractivity contribution in [2.24, 2.45) is 0 Å². The molecule has 1 N–H and O–H groups in total. The average Bonchev–Trinajstić information content (AvgIpc) is 3.35. The van der Waals surface area contributed by atoms with E-state index in [0.717, 1.165) is 25.7 Å². The van der Waals surface area contributed by atoms with Crippen molar-refractivity contribution >= 4 is 16.9 Å². The molecule has 0 spiro atoms. The second-order valence-corrected chi connectivity index (χ2v) is 6.37. The first-order valence-corrected chi connectivity index (χ1v) is 8.44. The molecule has 0 bridgehead atoms. The van der Waals surface area contributed by atoms with Crippen LogP contribution in [0.15, 0.2) is 33.4 Å². The van der Waals surface area contributed by atoms with E-state index in [1.165, 1.54) is 18.4 Å². The van der Waals surface area contributed by atoms with Gasteiger partial charge in [-0.2, -0.15) is 4.98 Å². The summed E-state index contributed by atoms with van der Waals surface area (Å²) in [4.78, 5) is 17.3. The first kappa shape index (κ1) is 15.8. The monoisotopic (exact) mass is 343 g/mol. The van der Waals surface area contributed by atoms with Crippen molar-refractivity contribution in [3.8, 4) is 0 Å². The lowest BCUT2D eigenvalue weighted by molar-refractivity contribution is 0.0893. The molecule has 0 atom stereocenters. The van der Waals surface area contributed by atoms with Crippen LogP contribution in [-0.4, -0.2) is 16.0 Å². The fraction of sp³-hybridized carbons (Fsp3) is 0.389. The molecule has 6 nitrogen and oxygen atoms in total. The van der Waals surface area contributed by atoms with Gasteiger partial charge in [-0.25, -0.2) is 4.39 Å². The zero-order valence-corrected chi connectivity index (χ0v) is 13.8. The predicted molar refractivity (Wildman–Crippen MR) is 87.5 cm³/mol. The lowest BCUT2D eigenvalue weighted by Crippen LogP contribution is -2.44. The number of hydrogen-bond donors (Lipinski definition) is 1. The van der Waals surface area contributed by atoms with Gasteiger partial charge in [-0.3, -0.25) is 4.79 Å². The van der Waals surface area contributed by atoms with Gasteiger partial charge in [0.1, 0.15) is 5.54 Å². The summed E-state index contributed by atoms with van der Waals surface area (Å²) < 4.78 is 24.2. The van der Waals surface area contributed by atoms with Crippen LogP contribution in [0.1, 0.15) is 54.7 Å². The Hall–Kier alpha value is -2.70. The Bertz CT molecular complexity index is 925. The highest BCUT2D eigenvalue weighted by Crippen LogP contribution is 2.38. The number of amides is 1. The van der Waals surface area contributed by atoms with Crippen molar-refractivity contribution in [1.29, 1.82) is 0 Å². The Labute approximate surface area is 143 Å². The summed E-state index contributed by atoms with van der Waals surface area (Å²) in [6.45, 7) is 1.94. The van der Waals surface area contributed by atoms with E-state index in [1.54, 1.807) is 6.07 Å². The summed E-state index contributed by atoms with van der Waals surface area (Å²) in [5, 5.41) is 7.60. The third-order valence-corrected chi connectivity index (χ3v) is 4.82. The van der Waals surface area contributed by atoms with E-state index in [-0.39, 0.29) is 11.5 Å². The lowest BCUT2D eigenvalue weighted by Gasteiger charge is -2.26. The van der Waals surface area contributed by atoms with Crippen LogP contribution in [0.4, 0.5) is 4.39 Å². The first-order valence-electron chi connectivity index (χ1n) is 8.44. The van der Waals surface area contributed by atoms with Crippen LogP contribution in [0.25, 0.3) is 11.0 Å². The molecule has 0 radical (unpaired) electrons. The van der Waals surface area contributed by atoms with Gasteiger partial charge in [0.05, 0.1) is 11.8 Å². The highest BCUT2D eigenvalue weighted by Gasteiger charge is 2.41. The number of halogens is 1. The van der Waals surface area contributed by atoms with E-state index in [4.69, 9.17) is 8.94 Å². The van der Waals surface area contributed by atoms with Crippen LogP contribution < -0.4 is 5.32 Å². The summed E-state index contributed by atoms with van der Waals surface area (Å²) in [7, 11) is 0. The van der Waals surface area contributed by atoms with Crippen LogP contribution in [0.5, 0.6) is 0 Å². The minimum absolute atomic E-state index is 0.0842. The minimum atomic E-state index is -0.640. The number of furan rings is 1. The largest absolute Gasteiger partial charge is 0.461 e. The third-order valence-electron chi connectivity index (χ3n) is 4.82. The second kappa shape index (κ2) is 5.98. The quantitative estimate of drug-likeness (QED) is 0.781. The normalized spacial score (nSPS) is 16.4. The molecule has 1 amide bonds. The van der Waals surface area contributed by atoms with Crippen molar-refractivity contribution in [2.45, 2.75) is 44.6 Å². The zero-order chi connectivity index (χ0) is 17.4. The summed E-state index contributed by atoms with van der Waals surface area (Å²) in [6.07, 6.45) is 5.46. The van der Waals surface area contributed by atoms with Crippen LogP contribution in [-0.2, 0) is 12.0 Å². The molecule has 4 rings (SSSR count). The Morgan fingerprint density at radius 1 is 1.32 bits per heavy atom. The number of benzene rings is 1. The van der Waals surface area contributed by atoms with Gasteiger partial charge in [0.15, 0.2) is 17.2 Å². The highest BCUT2D eigenvalue weighted by atomic mass is 19.1. The first-order chi connectivity index (χ1) is 12.1. The number of aromatic nitrogens is 2. The zero-order valence-electron chi connectivity index (χ0n) is 13.8. The van der Waals surface area contributed by atoms with Crippen LogP contribution in [0.3, 0.4) is 0 Å². The molecule has 3 aromatic rings. The minimum Gasteiger partial charge on any atom is -0.461 e. The third kappa shape index (κ3) is 2.59. The van der Waals surface area contributed by atoms with Crippen molar-refractivity contribution in [3.05, 3.63) is 47.6 Å². The van der Waals surface area contributed by atoms with Crippen molar-refractivity contribution < 1.29 is 18.1 Å². The van der Waals surface area contributed by atoms with E-state index in [9.17, 15) is 9.18 Å². The van der Waals surface area contributed by atoms with E-state index < -0.39 is 11.4 Å². The van der Waals surface area contributed by atoms with E-state index in [2.05, 4.69) is 15.5 Å². The van der Waals surface area contributed by atoms with Crippen molar-refractivity contribution in [3.63, 3.8) is 0 Å². The van der Waals surface area contributed by atoms with Gasteiger partial charge in [0, 0.05) is 11.8 Å². The van der Waals surface area contributed by atoms with Gasteiger partial charge < -0.3 is 14.3 Å². The SMILES string of the molecule is CCc1nc(C2(NC(=O)c3ccc(F)c4occc34)CCCC2)no1. The maximum Gasteiger partial charge on any atom is 0.252 e. The van der Waals surface area contributed by atoms with Crippen LogP contribution in [0.2, 0.25) is 0 Å². The number of carbonyl (C=O) groups excluding carboxylic acids is 1. The molecule has 1 fully saturated rings. The molecule has 0 saturated heterocycles. The molecule has 0 aliphatic heterocycles. The summed E-state index contributed by atoms with van der Waals surface area (Å²) >= 11 is 0. The molecule has 130 valence electrons. The molecule has 1 aromatic carbocycles. The predicted octanol–water partition coefficient (Wildman–Crippen LogP) is 3.72. The van der Waals surface area contributed by atoms with E-state index in [1.807, 2.05) is 6.92 Å². The fourth-order valence-corrected chi connectivity index (χ4v) is 3.49. The Morgan fingerprint density at radius 2 is 2.12 bits per heavy atom. The summed E-state index contributed by atoms with van der Waals surface area (Å²) in [5.41, 5.74) is -0.185. The maximum absolute atomic E-state index is 13.8. The molecule has 1 saturated carbocycles. The highest BCUT2D eigenvalue weighted by molar-refractivity contribution is 6.06. The molecule has 1 aliphatic rings. The number of carbonyl (C=O) groups is 1. The molecule has 25 heavy (non-hydrogen) atoms. The average molecular weight is 343 g/mol. The standard InChI is InChI=1S/C18H18FN3O3/c1-2-14-20-17(22-25-14)18(8-3-4-9-18)21-16(23)12-5-6-13(19)15-11(12)7-10-24-15/h5-7,10H,2-4,8-9H2,1H3,(H,21,23). The Kier molecular flexibility index (Phi) is 3.78. The van der Waals surface area contributed by atoms with Gasteiger partial charge >= 0.3 is 0 Å². The maximum atomic E-state index is 13.8. The fourth-order valence-electron chi connectivity index (χ4n) is 3.49. The van der Waals surface area contributed by atoms with E-state index >= 15 is 0 Å². The number of rotatable bonds is 4. The Balaban J connectivity index is 1.69.